The van der Waals surface area contributed by atoms with E-state index in [-0.39, 0.29) is 28.4 Å². The van der Waals surface area contributed by atoms with Gasteiger partial charge in [-0.05, 0) is 54.1 Å². The number of benzene rings is 2. The molecule has 10 heteroatoms. The molecule has 0 unspecified atom stereocenters. The molecule has 2 amide bonds. The van der Waals surface area contributed by atoms with Crippen molar-refractivity contribution in [2.24, 2.45) is 0 Å². The lowest BCUT2D eigenvalue weighted by Gasteiger charge is -2.11. The molecule has 3 N–H and O–H groups in total. The van der Waals surface area contributed by atoms with Crippen molar-refractivity contribution in [1.29, 1.82) is 0 Å². The Balaban J connectivity index is 1.89. The van der Waals surface area contributed by atoms with Gasteiger partial charge < -0.3 is 20.2 Å². The second kappa shape index (κ2) is 9.18. The Labute approximate surface area is 175 Å². The van der Waals surface area contributed by atoms with Crippen molar-refractivity contribution in [3.05, 3.63) is 99.6 Å². The van der Waals surface area contributed by atoms with Crippen molar-refractivity contribution in [3.8, 4) is 0 Å². The molecule has 0 aliphatic rings. The predicted molar refractivity (Wildman–Crippen MR) is 109 cm³/mol. The molecule has 156 valence electrons. The average molecular weight is 421 g/mol. The Morgan fingerprint density at radius 2 is 1.77 bits per heavy atom. The summed E-state index contributed by atoms with van der Waals surface area (Å²) in [6.07, 6.45) is 2.62. The molecule has 0 spiro atoms. The number of hydrogen-bond acceptors (Lipinski definition) is 6. The Morgan fingerprint density at radius 1 is 1.03 bits per heavy atom. The molecule has 3 aromatic rings. The topological polar surface area (TPSA) is 152 Å². The highest BCUT2D eigenvalue weighted by molar-refractivity contribution is 6.10. The first kappa shape index (κ1) is 21.0. The number of non-ortho nitro benzene ring substituents is 1. The van der Waals surface area contributed by atoms with Crippen LogP contribution in [-0.4, -0.2) is 27.8 Å². The van der Waals surface area contributed by atoms with E-state index in [1.165, 1.54) is 73.0 Å². The molecule has 0 aliphatic heterocycles. The van der Waals surface area contributed by atoms with Crippen molar-refractivity contribution < 1.29 is 28.8 Å². The highest BCUT2D eigenvalue weighted by Crippen LogP contribution is 2.16. The SMILES string of the molecule is O=C(Nc1cccc(C(=O)O)c1)/C(=C/c1ccc([N+](=O)[O-])cc1)NC(=O)c1ccco1. The maximum atomic E-state index is 12.8. The van der Waals surface area contributed by atoms with Gasteiger partial charge in [0.05, 0.1) is 16.7 Å². The van der Waals surface area contributed by atoms with Crippen molar-refractivity contribution in [3.63, 3.8) is 0 Å². The average Bonchev–Trinajstić information content (AvgIpc) is 3.29. The molecule has 1 aromatic heterocycles. The third-order valence-electron chi connectivity index (χ3n) is 4.02. The van der Waals surface area contributed by atoms with Crippen LogP contribution in [0.1, 0.15) is 26.5 Å². The number of furan rings is 1. The van der Waals surface area contributed by atoms with E-state index in [1.807, 2.05) is 0 Å². The van der Waals surface area contributed by atoms with E-state index < -0.39 is 22.7 Å². The maximum Gasteiger partial charge on any atom is 0.335 e. The number of nitro benzene ring substituents is 1. The summed E-state index contributed by atoms with van der Waals surface area (Å²) in [4.78, 5) is 46.5. The van der Waals surface area contributed by atoms with Gasteiger partial charge in [0.25, 0.3) is 17.5 Å². The van der Waals surface area contributed by atoms with Gasteiger partial charge in [-0.3, -0.25) is 19.7 Å². The predicted octanol–water partition coefficient (Wildman–Crippen LogP) is 3.30. The largest absolute Gasteiger partial charge is 0.478 e. The normalized spacial score (nSPS) is 10.9. The van der Waals surface area contributed by atoms with Gasteiger partial charge in [-0.2, -0.15) is 0 Å². The van der Waals surface area contributed by atoms with Gasteiger partial charge in [0.1, 0.15) is 5.70 Å². The smallest absolute Gasteiger partial charge is 0.335 e. The fourth-order valence-corrected chi connectivity index (χ4v) is 2.54. The minimum absolute atomic E-state index is 0.0293. The van der Waals surface area contributed by atoms with E-state index in [9.17, 15) is 24.5 Å². The van der Waals surface area contributed by atoms with Crippen molar-refractivity contribution in [2.45, 2.75) is 0 Å². The van der Waals surface area contributed by atoms with Crippen LogP contribution in [0.2, 0.25) is 0 Å². The van der Waals surface area contributed by atoms with Gasteiger partial charge in [0.15, 0.2) is 5.76 Å². The molecular formula is C21H15N3O7. The molecule has 0 atom stereocenters. The summed E-state index contributed by atoms with van der Waals surface area (Å²) in [6.45, 7) is 0. The fraction of sp³-hybridized carbons (Fsp3) is 0. The van der Waals surface area contributed by atoms with Crippen LogP contribution in [0, 0.1) is 10.1 Å². The highest BCUT2D eigenvalue weighted by atomic mass is 16.6. The molecule has 0 fully saturated rings. The molecule has 31 heavy (non-hydrogen) atoms. The first-order valence-electron chi connectivity index (χ1n) is 8.79. The number of amides is 2. The van der Waals surface area contributed by atoms with Crippen LogP contribution in [0.15, 0.2) is 77.0 Å². The number of anilines is 1. The number of carboxylic acid groups (broad SMARTS) is 1. The Hall–Kier alpha value is -4.73. The van der Waals surface area contributed by atoms with Gasteiger partial charge in [-0.1, -0.05) is 6.07 Å². The van der Waals surface area contributed by atoms with E-state index in [2.05, 4.69) is 10.6 Å². The van der Waals surface area contributed by atoms with Crippen molar-refractivity contribution >= 4 is 35.2 Å². The lowest BCUT2D eigenvalue weighted by molar-refractivity contribution is -0.384. The van der Waals surface area contributed by atoms with Crippen molar-refractivity contribution in [2.75, 3.05) is 5.32 Å². The lowest BCUT2D eigenvalue weighted by Crippen LogP contribution is -2.30. The molecule has 10 nitrogen and oxygen atoms in total. The zero-order valence-corrected chi connectivity index (χ0v) is 15.8. The number of carboxylic acids is 1. The molecular weight excluding hydrogens is 406 g/mol. The Morgan fingerprint density at radius 3 is 2.39 bits per heavy atom. The second-order valence-electron chi connectivity index (χ2n) is 6.18. The third kappa shape index (κ3) is 5.41. The summed E-state index contributed by atoms with van der Waals surface area (Å²) < 4.78 is 5.02. The first-order valence-corrected chi connectivity index (χ1v) is 8.79. The number of nitrogens with zero attached hydrogens (tertiary/aromatic N) is 1. The van der Waals surface area contributed by atoms with Crippen LogP contribution >= 0.6 is 0 Å². The van der Waals surface area contributed by atoms with E-state index in [4.69, 9.17) is 9.52 Å². The maximum absolute atomic E-state index is 12.8. The van der Waals surface area contributed by atoms with Crippen LogP contribution < -0.4 is 10.6 Å². The molecule has 3 rings (SSSR count). The number of rotatable bonds is 7. The summed E-state index contributed by atoms with van der Waals surface area (Å²) in [5, 5.41) is 24.9. The summed E-state index contributed by atoms with van der Waals surface area (Å²) in [6, 6.07) is 13.8. The van der Waals surface area contributed by atoms with E-state index >= 15 is 0 Å². The van der Waals surface area contributed by atoms with Gasteiger partial charge in [-0.25, -0.2) is 4.79 Å². The summed E-state index contributed by atoms with van der Waals surface area (Å²) in [7, 11) is 0. The number of nitro groups is 1. The fourth-order valence-electron chi connectivity index (χ4n) is 2.54. The van der Waals surface area contributed by atoms with Crippen LogP contribution in [0.3, 0.4) is 0 Å². The van der Waals surface area contributed by atoms with Crippen molar-refractivity contribution in [1.82, 2.24) is 5.32 Å². The quantitative estimate of drug-likeness (QED) is 0.301. The second-order valence-corrected chi connectivity index (χ2v) is 6.18. The summed E-state index contributed by atoms with van der Waals surface area (Å²) in [5.74, 6) is -2.62. The zero-order valence-electron chi connectivity index (χ0n) is 15.8. The van der Waals surface area contributed by atoms with Crippen LogP contribution in [0.5, 0.6) is 0 Å². The summed E-state index contributed by atoms with van der Waals surface area (Å²) in [5.41, 5.74) is 0.268. The summed E-state index contributed by atoms with van der Waals surface area (Å²) >= 11 is 0. The molecule has 0 aliphatic carbocycles. The van der Waals surface area contributed by atoms with Gasteiger partial charge in [-0.15, -0.1) is 0 Å². The Kier molecular flexibility index (Phi) is 6.21. The minimum Gasteiger partial charge on any atom is -0.478 e. The van der Waals surface area contributed by atoms with E-state index in [0.717, 1.165) is 0 Å². The molecule has 0 saturated heterocycles. The van der Waals surface area contributed by atoms with Crippen LogP contribution in [-0.2, 0) is 4.79 Å². The molecule has 0 radical (unpaired) electrons. The first-order chi connectivity index (χ1) is 14.8. The molecule has 2 aromatic carbocycles. The monoisotopic (exact) mass is 421 g/mol. The van der Waals surface area contributed by atoms with E-state index in [0.29, 0.717) is 5.56 Å². The molecule has 0 saturated carbocycles. The number of carbonyl (C=O) groups excluding carboxylic acids is 2. The lowest BCUT2D eigenvalue weighted by atomic mass is 10.1. The Bertz CT molecular complexity index is 1170. The molecule has 0 bridgehead atoms. The number of hydrogen-bond donors (Lipinski definition) is 3. The third-order valence-corrected chi connectivity index (χ3v) is 4.02. The van der Waals surface area contributed by atoms with Crippen LogP contribution in [0.4, 0.5) is 11.4 Å². The molecule has 1 heterocycles. The van der Waals surface area contributed by atoms with Crippen LogP contribution in [0.25, 0.3) is 6.08 Å². The van der Waals surface area contributed by atoms with E-state index in [1.54, 1.807) is 0 Å². The standard InChI is InChI=1S/C21H15N3O7/c25-19(22-15-4-1-3-14(12-15)21(27)28)17(23-20(26)18-5-2-10-31-18)11-13-6-8-16(9-7-13)24(29)30/h1-12H,(H,22,25)(H,23,26)(H,27,28)/b17-11-. The van der Waals surface area contributed by atoms with Gasteiger partial charge in [0.2, 0.25) is 0 Å². The number of aromatic carboxylic acids is 1. The number of carbonyl (C=O) groups is 3. The zero-order chi connectivity index (χ0) is 22.4. The minimum atomic E-state index is -1.16. The van der Waals surface area contributed by atoms with Gasteiger partial charge in [0, 0.05) is 17.8 Å². The highest BCUT2D eigenvalue weighted by Gasteiger charge is 2.17. The van der Waals surface area contributed by atoms with Gasteiger partial charge >= 0.3 is 5.97 Å². The number of nitrogens with one attached hydrogen (secondary N) is 2.